The van der Waals surface area contributed by atoms with Crippen molar-refractivity contribution in [2.75, 3.05) is 14.2 Å². The van der Waals surface area contributed by atoms with Gasteiger partial charge in [0.25, 0.3) is 0 Å². The molecule has 0 aromatic rings. The van der Waals surface area contributed by atoms with Gasteiger partial charge in [0.1, 0.15) is 29.8 Å². The van der Waals surface area contributed by atoms with E-state index in [-0.39, 0.29) is 54.2 Å². The molecule has 0 saturated carbocycles. The topological polar surface area (TPSA) is 217 Å². The maximum Gasteiger partial charge on any atom is 0.373 e. The van der Waals surface area contributed by atoms with E-state index < -0.39 is 83.8 Å². The molecule has 59 heavy (non-hydrogen) atoms. The standard InChI is InChI=1S/C44H65NO14/c1-23(2)41-28(7)35(56-37(49)18-17-36(48)45-38-31(46)15-16-32(38)47)22-44(58-41,59-53)30(9)40(51)29(8)42-33(54-10)14-12-13-24(3)19-26(5)39(50)27(6)20-25(4)21-34(55-11)43(52)57-42/h12-14,17-18,20-21,23,26-30,33,35,39-42,46,50-51,53H,15-16,19,22H2,1-11H3,(H,45,48)/b14-12-,18-17+,24-13+,25-20+,34-21+. The molecule has 1 aliphatic carbocycles. The van der Waals surface area contributed by atoms with E-state index >= 15 is 0 Å². The second-order valence-corrected chi connectivity index (χ2v) is 16.6. The molecule has 5 N–H and O–H groups in total. The van der Waals surface area contributed by atoms with Crippen molar-refractivity contribution in [2.45, 2.75) is 130 Å². The van der Waals surface area contributed by atoms with Crippen LogP contribution in [-0.4, -0.2) is 101 Å². The monoisotopic (exact) mass is 831 g/mol. The fraction of sp³-hybridized carbons (Fsp3) is 0.636. The maximum atomic E-state index is 13.8. The lowest BCUT2D eigenvalue weighted by Gasteiger charge is -2.50. The summed E-state index contributed by atoms with van der Waals surface area (Å²) in [6.45, 7) is 16.4. The van der Waals surface area contributed by atoms with Crippen LogP contribution in [0.15, 0.2) is 70.9 Å². The van der Waals surface area contributed by atoms with Gasteiger partial charge in [-0.2, -0.15) is 0 Å². The van der Waals surface area contributed by atoms with Crippen molar-refractivity contribution in [2.24, 2.45) is 35.5 Å². The number of amides is 1. The molecule has 3 aliphatic rings. The molecule has 12 unspecified atom stereocenters. The van der Waals surface area contributed by atoms with E-state index in [0.29, 0.717) is 12.0 Å². The SMILES string of the molecule is CO/C1=C/C(C)=C/C(C)C(O)C(C)C/C(C)=C/C=C\C(OC)C(C(C)C(O)C(C)C2(OO)CC(OC(=O)/C=C/C(=O)NC3=C(O)CCC3=O)C(C)C(C(C)C)O2)OC1=O. The second-order valence-electron chi connectivity index (χ2n) is 16.6. The number of rotatable bonds is 12. The second kappa shape index (κ2) is 21.9. The van der Waals surface area contributed by atoms with Gasteiger partial charge in [-0.1, -0.05) is 83.9 Å². The summed E-state index contributed by atoms with van der Waals surface area (Å²) >= 11 is 0. The highest BCUT2D eigenvalue weighted by Gasteiger charge is 2.55. The van der Waals surface area contributed by atoms with Crippen LogP contribution in [0.1, 0.15) is 88.0 Å². The Morgan fingerprint density at radius 3 is 2.29 bits per heavy atom. The first-order valence-corrected chi connectivity index (χ1v) is 20.2. The predicted octanol–water partition coefficient (Wildman–Crippen LogP) is 5.55. The van der Waals surface area contributed by atoms with Crippen LogP contribution in [0.4, 0.5) is 0 Å². The molecule has 15 nitrogen and oxygen atoms in total. The Kier molecular flexibility index (Phi) is 18.3. The van der Waals surface area contributed by atoms with Crippen molar-refractivity contribution in [1.29, 1.82) is 0 Å². The van der Waals surface area contributed by atoms with Crippen LogP contribution in [0.5, 0.6) is 0 Å². The molecular formula is C44H65NO14. The number of aliphatic hydroxyl groups is 3. The molecule has 0 aromatic carbocycles. The summed E-state index contributed by atoms with van der Waals surface area (Å²) in [7, 11) is 2.77. The Hall–Kier alpha value is -4.12. The van der Waals surface area contributed by atoms with Crippen molar-refractivity contribution in [3.05, 3.63) is 70.9 Å². The highest BCUT2D eigenvalue weighted by Crippen LogP contribution is 2.44. The highest BCUT2D eigenvalue weighted by atomic mass is 17.1. The number of carbonyl (C=O) groups is 4. The molecular weight excluding hydrogens is 766 g/mol. The number of hydrogen-bond donors (Lipinski definition) is 5. The third-order valence-electron chi connectivity index (χ3n) is 11.6. The first-order chi connectivity index (χ1) is 27.7. The van der Waals surface area contributed by atoms with E-state index in [9.17, 15) is 39.8 Å². The van der Waals surface area contributed by atoms with Crippen LogP contribution in [-0.2, 0) is 47.8 Å². The average Bonchev–Trinajstić information content (AvgIpc) is 3.51. The molecule has 330 valence electrons. The van der Waals surface area contributed by atoms with Crippen molar-refractivity contribution < 1.29 is 68.3 Å². The maximum absolute atomic E-state index is 13.8. The quantitative estimate of drug-likeness (QED) is 0.0706. The van der Waals surface area contributed by atoms with Crippen LogP contribution in [0.2, 0.25) is 0 Å². The molecule has 1 amide bonds. The van der Waals surface area contributed by atoms with Crippen molar-refractivity contribution >= 4 is 23.6 Å². The summed E-state index contributed by atoms with van der Waals surface area (Å²) in [6, 6.07) is 0. The Balaban J connectivity index is 1.96. The van der Waals surface area contributed by atoms with E-state index in [0.717, 1.165) is 17.7 Å². The molecule has 2 aliphatic heterocycles. The summed E-state index contributed by atoms with van der Waals surface area (Å²) in [6.07, 6.45) is 5.37. The number of ketones is 1. The normalized spacial score (nSPS) is 35.1. The van der Waals surface area contributed by atoms with Gasteiger partial charge < -0.3 is 44.3 Å². The lowest BCUT2D eigenvalue weighted by atomic mass is 9.76. The number of hydrogen-bond acceptors (Lipinski definition) is 14. The van der Waals surface area contributed by atoms with E-state index in [1.807, 2.05) is 46.8 Å². The highest BCUT2D eigenvalue weighted by molar-refractivity contribution is 6.04. The lowest BCUT2D eigenvalue weighted by molar-refractivity contribution is -0.456. The van der Waals surface area contributed by atoms with Crippen LogP contribution in [0.3, 0.4) is 0 Å². The van der Waals surface area contributed by atoms with Gasteiger partial charge in [0, 0.05) is 62.2 Å². The molecule has 15 heteroatoms. The van der Waals surface area contributed by atoms with Gasteiger partial charge in [-0.3, -0.25) is 9.59 Å². The zero-order valence-corrected chi connectivity index (χ0v) is 36.2. The Morgan fingerprint density at radius 2 is 1.71 bits per heavy atom. The smallest absolute Gasteiger partial charge is 0.373 e. The van der Waals surface area contributed by atoms with Crippen molar-refractivity contribution in [3.63, 3.8) is 0 Å². The number of cyclic esters (lactones) is 1. The van der Waals surface area contributed by atoms with Gasteiger partial charge >= 0.3 is 11.9 Å². The Bertz CT molecular complexity index is 1690. The number of Topliss-reactive ketones (excluding diaryl/α,β-unsaturated/α-hetero) is 1. The summed E-state index contributed by atoms with van der Waals surface area (Å²) in [5.74, 6) is -8.16. The molecule has 0 bridgehead atoms. The third-order valence-corrected chi connectivity index (χ3v) is 11.6. The van der Waals surface area contributed by atoms with Gasteiger partial charge in [0.05, 0.1) is 25.4 Å². The van der Waals surface area contributed by atoms with Crippen LogP contribution in [0.25, 0.3) is 0 Å². The molecule has 0 spiro atoms. The van der Waals surface area contributed by atoms with Gasteiger partial charge in [0.15, 0.2) is 5.78 Å². The Morgan fingerprint density at radius 1 is 1.03 bits per heavy atom. The predicted molar refractivity (Wildman–Crippen MR) is 217 cm³/mol. The molecule has 12 atom stereocenters. The lowest BCUT2D eigenvalue weighted by Crippen LogP contribution is -2.60. The summed E-state index contributed by atoms with van der Waals surface area (Å²) in [5.41, 5.74) is 1.45. The Labute approximate surface area is 347 Å². The minimum atomic E-state index is -1.94. The molecule has 2 heterocycles. The number of ether oxygens (including phenoxy) is 5. The van der Waals surface area contributed by atoms with Crippen molar-refractivity contribution in [1.82, 2.24) is 5.32 Å². The fourth-order valence-corrected chi connectivity index (χ4v) is 8.07. The number of nitrogens with one attached hydrogen (secondary N) is 1. The molecule has 1 saturated heterocycles. The van der Waals surface area contributed by atoms with Gasteiger partial charge in [-0.05, 0) is 38.2 Å². The number of allylic oxidation sites excluding steroid dienone is 7. The number of esters is 2. The van der Waals surface area contributed by atoms with Gasteiger partial charge in [-0.25, -0.2) is 19.7 Å². The van der Waals surface area contributed by atoms with E-state index in [1.54, 1.807) is 39.8 Å². The van der Waals surface area contributed by atoms with Crippen molar-refractivity contribution in [3.8, 4) is 0 Å². The van der Waals surface area contributed by atoms with Gasteiger partial charge in [-0.15, -0.1) is 0 Å². The summed E-state index contributed by atoms with van der Waals surface area (Å²) in [5, 5.41) is 45.9. The van der Waals surface area contributed by atoms with Crippen LogP contribution in [0, 0.1) is 35.5 Å². The average molecular weight is 832 g/mol. The van der Waals surface area contributed by atoms with E-state index in [1.165, 1.54) is 20.3 Å². The molecule has 1 fully saturated rings. The zero-order chi connectivity index (χ0) is 44.4. The largest absolute Gasteiger partial charge is 0.510 e. The first kappa shape index (κ1) is 49.2. The van der Waals surface area contributed by atoms with Crippen LogP contribution < -0.4 is 5.32 Å². The first-order valence-electron chi connectivity index (χ1n) is 20.2. The van der Waals surface area contributed by atoms with E-state index in [2.05, 4.69) is 5.32 Å². The summed E-state index contributed by atoms with van der Waals surface area (Å²) < 4.78 is 29.6. The fourth-order valence-electron chi connectivity index (χ4n) is 8.07. The number of carbonyl (C=O) groups excluding carboxylic acids is 4. The minimum absolute atomic E-state index is 0.0646. The van der Waals surface area contributed by atoms with Crippen LogP contribution >= 0.6 is 0 Å². The van der Waals surface area contributed by atoms with Gasteiger partial charge in [0.2, 0.25) is 17.5 Å². The minimum Gasteiger partial charge on any atom is -0.510 e. The molecule has 0 aromatic heterocycles. The third kappa shape index (κ3) is 12.7. The zero-order valence-electron chi connectivity index (χ0n) is 36.2. The molecule has 3 rings (SSSR count). The number of methoxy groups -OCH3 is 2. The number of aliphatic hydroxyl groups excluding tert-OH is 3. The molecule has 0 radical (unpaired) electrons. The van der Waals surface area contributed by atoms with E-state index in [4.69, 9.17) is 28.6 Å². The summed E-state index contributed by atoms with van der Waals surface area (Å²) in [4.78, 5) is 56.4.